The molecule has 1 aliphatic rings. The molecule has 1 heterocycles. The molecule has 6 nitrogen and oxygen atoms in total. The number of nitro groups is 1. The number of amides is 1. The second kappa shape index (κ2) is 5.84. The second-order valence-corrected chi connectivity index (χ2v) is 5.04. The quantitative estimate of drug-likeness (QED) is 0.495. The van der Waals surface area contributed by atoms with Gasteiger partial charge in [-0.2, -0.15) is 10.1 Å². The SMILES string of the molecule is CC1=NN(c2ccc([N+](=O)[O-])cc2)C(=O)/C1=C\c1ccccc1. The maximum atomic E-state index is 12.5. The second-order valence-electron chi connectivity index (χ2n) is 5.04. The Morgan fingerprint density at radius 1 is 1.09 bits per heavy atom. The molecule has 0 atom stereocenters. The minimum absolute atomic E-state index is 0.0267. The molecule has 0 unspecified atom stereocenters. The number of rotatable bonds is 3. The van der Waals surface area contributed by atoms with Gasteiger partial charge in [0.05, 0.1) is 21.9 Å². The molecule has 1 amide bonds. The van der Waals surface area contributed by atoms with E-state index in [-0.39, 0.29) is 11.6 Å². The van der Waals surface area contributed by atoms with Crippen molar-refractivity contribution < 1.29 is 9.72 Å². The van der Waals surface area contributed by atoms with Gasteiger partial charge in [0.25, 0.3) is 11.6 Å². The summed E-state index contributed by atoms with van der Waals surface area (Å²) in [6.07, 6.45) is 1.78. The molecule has 0 fully saturated rings. The summed E-state index contributed by atoms with van der Waals surface area (Å²) in [5.74, 6) is -0.250. The highest BCUT2D eigenvalue weighted by atomic mass is 16.6. The summed E-state index contributed by atoms with van der Waals surface area (Å²) in [5.41, 5.74) is 2.50. The van der Waals surface area contributed by atoms with Crippen molar-refractivity contribution in [3.8, 4) is 0 Å². The van der Waals surface area contributed by atoms with E-state index < -0.39 is 4.92 Å². The van der Waals surface area contributed by atoms with E-state index in [1.165, 1.54) is 29.3 Å². The van der Waals surface area contributed by atoms with Gasteiger partial charge in [-0.15, -0.1) is 0 Å². The van der Waals surface area contributed by atoms with Crippen LogP contribution in [0.3, 0.4) is 0 Å². The van der Waals surface area contributed by atoms with Gasteiger partial charge >= 0.3 is 0 Å². The molecule has 0 radical (unpaired) electrons. The number of hydrogen-bond donors (Lipinski definition) is 0. The molecule has 0 spiro atoms. The largest absolute Gasteiger partial charge is 0.280 e. The van der Waals surface area contributed by atoms with E-state index in [1.807, 2.05) is 30.3 Å². The molecule has 0 saturated carbocycles. The van der Waals surface area contributed by atoms with Gasteiger partial charge in [0.1, 0.15) is 0 Å². The van der Waals surface area contributed by atoms with Crippen LogP contribution in [0.5, 0.6) is 0 Å². The lowest BCUT2D eigenvalue weighted by Gasteiger charge is -2.11. The summed E-state index contributed by atoms with van der Waals surface area (Å²) in [4.78, 5) is 22.8. The van der Waals surface area contributed by atoms with Gasteiger partial charge in [0, 0.05) is 12.1 Å². The predicted octanol–water partition coefficient (Wildman–Crippen LogP) is 3.40. The van der Waals surface area contributed by atoms with Crippen molar-refractivity contribution in [2.75, 3.05) is 5.01 Å². The Morgan fingerprint density at radius 2 is 1.74 bits per heavy atom. The van der Waals surface area contributed by atoms with E-state index in [9.17, 15) is 14.9 Å². The van der Waals surface area contributed by atoms with Gasteiger partial charge < -0.3 is 0 Å². The summed E-state index contributed by atoms with van der Waals surface area (Å²) in [6, 6.07) is 15.2. The highest BCUT2D eigenvalue weighted by Gasteiger charge is 2.28. The minimum Gasteiger partial charge on any atom is -0.267 e. The molecule has 2 aromatic carbocycles. The van der Waals surface area contributed by atoms with Crippen LogP contribution < -0.4 is 5.01 Å². The molecule has 0 aliphatic carbocycles. The number of nitrogens with zero attached hydrogens (tertiary/aromatic N) is 3. The molecule has 114 valence electrons. The van der Waals surface area contributed by atoms with Crippen LogP contribution in [0.25, 0.3) is 6.08 Å². The third-order valence-electron chi connectivity index (χ3n) is 3.48. The van der Waals surface area contributed by atoms with Gasteiger partial charge in [-0.3, -0.25) is 14.9 Å². The zero-order valence-corrected chi connectivity index (χ0v) is 12.3. The minimum atomic E-state index is -0.481. The van der Waals surface area contributed by atoms with Crippen LogP contribution >= 0.6 is 0 Å². The molecule has 6 heteroatoms. The van der Waals surface area contributed by atoms with Crippen molar-refractivity contribution in [2.45, 2.75) is 6.92 Å². The molecular weight excluding hydrogens is 294 g/mol. The number of nitro benzene ring substituents is 1. The Bertz CT molecular complexity index is 824. The lowest BCUT2D eigenvalue weighted by atomic mass is 10.1. The molecule has 0 N–H and O–H groups in total. The third-order valence-corrected chi connectivity index (χ3v) is 3.48. The highest BCUT2D eigenvalue weighted by Crippen LogP contribution is 2.26. The van der Waals surface area contributed by atoms with Crippen molar-refractivity contribution in [2.24, 2.45) is 5.10 Å². The van der Waals surface area contributed by atoms with Crippen LogP contribution in [0.1, 0.15) is 12.5 Å². The maximum Gasteiger partial charge on any atom is 0.280 e. The summed E-state index contributed by atoms with van der Waals surface area (Å²) in [5, 5.41) is 16.2. The van der Waals surface area contributed by atoms with E-state index in [0.717, 1.165) is 5.56 Å². The van der Waals surface area contributed by atoms with Gasteiger partial charge in [-0.05, 0) is 30.7 Å². The fraction of sp³-hybridized carbons (Fsp3) is 0.0588. The van der Waals surface area contributed by atoms with E-state index in [2.05, 4.69) is 5.10 Å². The van der Waals surface area contributed by atoms with E-state index in [0.29, 0.717) is 17.0 Å². The normalized spacial score (nSPS) is 15.9. The Kier molecular flexibility index (Phi) is 3.72. The number of hydrogen-bond acceptors (Lipinski definition) is 4. The number of carbonyl (C=O) groups is 1. The zero-order valence-electron chi connectivity index (χ0n) is 12.3. The average Bonchev–Trinajstić information content (AvgIpc) is 2.84. The summed E-state index contributed by atoms with van der Waals surface area (Å²) < 4.78 is 0. The Hall–Kier alpha value is -3.28. The van der Waals surface area contributed by atoms with Crippen LogP contribution in [0.4, 0.5) is 11.4 Å². The zero-order chi connectivity index (χ0) is 16.4. The third kappa shape index (κ3) is 2.87. The number of hydrazone groups is 1. The van der Waals surface area contributed by atoms with Crippen molar-refractivity contribution in [3.05, 3.63) is 75.8 Å². The number of benzene rings is 2. The maximum absolute atomic E-state index is 12.5. The summed E-state index contributed by atoms with van der Waals surface area (Å²) >= 11 is 0. The lowest BCUT2D eigenvalue weighted by Crippen LogP contribution is -2.21. The van der Waals surface area contributed by atoms with Crippen LogP contribution in [0, 0.1) is 10.1 Å². The highest BCUT2D eigenvalue weighted by molar-refractivity contribution is 6.32. The fourth-order valence-electron chi connectivity index (χ4n) is 2.29. The molecule has 1 aliphatic heterocycles. The molecule has 23 heavy (non-hydrogen) atoms. The first kappa shape index (κ1) is 14.6. The molecule has 0 bridgehead atoms. The standard InChI is InChI=1S/C17H13N3O3/c1-12-16(11-13-5-3-2-4-6-13)17(21)19(18-12)14-7-9-15(10-8-14)20(22)23/h2-11H,1H3/b16-11-. The lowest BCUT2D eigenvalue weighted by molar-refractivity contribution is -0.384. The molecule has 3 rings (SSSR count). The monoisotopic (exact) mass is 307 g/mol. The topological polar surface area (TPSA) is 75.8 Å². The van der Waals surface area contributed by atoms with Crippen LogP contribution in [-0.4, -0.2) is 16.5 Å². The molecular formula is C17H13N3O3. The number of non-ortho nitro benzene ring substituents is 1. The van der Waals surface area contributed by atoms with Gasteiger partial charge in [0.2, 0.25) is 0 Å². The van der Waals surface area contributed by atoms with Gasteiger partial charge in [-0.1, -0.05) is 30.3 Å². The predicted molar refractivity (Wildman–Crippen MR) is 88.1 cm³/mol. The summed E-state index contributed by atoms with van der Waals surface area (Å²) in [6.45, 7) is 1.76. The number of carbonyl (C=O) groups excluding carboxylic acids is 1. The van der Waals surface area contributed by atoms with Crippen molar-refractivity contribution >= 4 is 29.1 Å². The van der Waals surface area contributed by atoms with Gasteiger partial charge in [-0.25, -0.2) is 0 Å². The van der Waals surface area contributed by atoms with Crippen LogP contribution in [0.2, 0.25) is 0 Å². The van der Waals surface area contributed by atoms with E-state index in [1.54, 1.807) is 13.0 Å². The van der Waals surface area contributed by atoms with Crippen molar-refractivity contribution in [1.82, 2.24) is 0 Å². The number of anilines is 1. The van der Waals surface area contributed by atoms with Crippen molar-refractivity contribution in [3.63, 3.8) is 0 Å². The first-order chi connectivity index (χ1) is 11.1. The Balaban J connectivity index is 1.91. The van der Waals surface area contributed by atoms with Crippen molar-refractivity contribution in [1.29, 1.82) is 0 Å². The average molecular weight is 307 g/mol. The summed E-state index contributed by atoms with van der Waals surface area (Å²) in [7, 11) is 0. The Labute approximate surface area is 132 Å². The molecule has 0 aromatic heterocycles. The van der Waals surface area contributed by atoms with Crippen LogP contribution in [-0.2, 0) is 4.79 Å². The molecule has 0 saturated heterocycles. The first-order valence-electron chi connectivity index (χ1n) is 6.97. The van der Waals surface area contributed by atoms with Gasteiger partial charge in [0.15, 0.2) is 0 Å². The van der Waals surface area contributed by atoms with E-state index in [4.69, 9.17) is 0 Å². The van der Waals surface area contributed by atoms with Crippen LogP contribution in [0.15, 0.2) is 65.3 Å². The Morgan fingerprint density at radius 3 is 2.35 bits per heavy atom. The smallest absolute Gasteiger partial charge is 0.267 e. The van der Waals surface area contributed by atoms with E-state index >= 15 is 0 Å². The first-order valence-corrected chi connectivity index (χ1v) is 6.97. The fourth-order valence-corrected chi connectivity index (χ4v) is 2.29. The molecule has 2 aromatic rings.